The molecule has 11 nitrogen and oxygen atoms in total. The Morgan fingerprint density at radius 3 is 2.60 bits per heavy atom. The van der Waals surface area contributed by atoms with E-state index in [2.05, 4.69) is 27.3 Å². The van der Waals surface area contributed by atoms with E-state index in [4.69, 9.17) is 14.1 Å². The Kier molecular flexibility index (Phi) is 7.02. The third-order valence-electron chi connectivity index (χ3n) is 7.25. The Labute approximate surface area is 231 Å². The molecule has 1 fully saturated rings. The maximum absolute atomic E-state index is 11.8. The van der Waals surface area contributed by atoms with Crippen molar-refractivity contribution in [1.82, 2.24) is 29.5 Å². The molecule has 40 heavy (non-hydrogen) atoms. The number of amides is 2. The minimum Gasteiger partial charge on any atom is -0.491 e. The fourth-order valence-electron chi connectivity index (χ4n) is 5.07. The molecule has 4 aliphatic rings. The molecule has 1 aromatic heterocycles. The van der Waals surface area contributed by atoms with Crippen molar-refractivity contribution in [2.75, 3.05) is 38.7 Å². The van der Waals surface area contributed by atoms with Gasteiger partial charge in [0.25, 0.3) is 11.8 Å². The predicted octanol–water partition coefficient (Wildman–Crippen LogP) is 2.44. The number of hydrogen-bond donors (Lipinski definition) is 0. The molecule has 0 bridgehead atoms. The van der Waals surface area contributed by atoms with Crippen molar-refractivity contribution in [2.24, 2.45) is 0 Å². The van der Waals surface area contributed by atoms with Crippen LogP contribution in [0.15, 0.2) is 53.1 Å². The average molecular weight is 543 g/mol. The second-order valence-corrected chi connectivity index (χ2v) is 10.4. The summed E-state index contributed by atoms with van der Waals surface area (Å²) < 4.78 is 16.4. The molecule has 2 aromatic rings. The number of carbonyl (C=O) groups is 2. The van der Waals surface area contributed by atoms with E-state index in [0.29, 0.717) is 42.1 Å². The van der Waals surface area contributed by atoms with Gasteiger partial charge in [0.1, 0.15) is 31.0 Å². The number of imide groups is 1. The van der Waals surface area contributed by atoms with Crippen LogP contribution < -0.4 is 19.6 Å². The quantitative estimate of drug-likeness (QED) is 0.145. The van der Waals surface area contributed by atoms with Crippen molar-refractivity contribution in [2.45, 2.75) is 38.8 Å². The van der Waals surface area contributed by atoms with E-state index >= 15 is 0 Å². The lowest BCUT2D eigenvalue weighted by Gasteiger charge is -2.29. The van der Waals surface area contributed by atoms with Crippen LogP contribution >= 0.6 is 0 Å². The smallest absolute Gasteiger partial charge is 0.253 e. The van der Waals surface area contributed by atoms with Gasteiger partial charge in [0, 0.05) is 62.1 Å². The molecule has 0 radical (unpaired) electrons. The number of aryl methyl sites for hydroxylation is 1. The lowest BCUT2D eigenvalue weighted by molar-refractivity contribution is -0.137. The SMILES string of the molecule is C[N+](C)=c1ccc2nc3c(OCCCn4cc(CN5C(=O)C=CC5=O)nn4)cc(N4CCCCC4)cc3oc-2c1. The molecule has 0 saturated carbocycles. The lowest BCUT2D eigenvalue weighted by atomic mass is 10.1. The first-order chi connectivity index (χ1) is 19.4. The summed E-state index contributed by atoms with van der Waals surface area (Å²) in [6, 6.07) is 10.1. The summed E-state index contributed by atoms with van der Waals surface area (Å²) in [6.45, 7) is 3.15. The first-order valence-corrected chi connectivity index (χ1v) is 13.6. The van der Waals surface area contributed by atoms with Crippen molar-refractivity contribution in [3.8, 4) is 17.2 Å². The van der Waals surface area contributed by atoms with Gasteiger partial charge in [0.2, 0.25) is 5.36 Å². The molecule has 11 heteroatoms. The first-order valence-electron chi connectivity index (χ1n) is 13.6. The van der Waals surface area contributed by atoms with Crippen LogP contribution in [0.25, 0.3) is 22.6 Å². The molecule has 1 aromatic carbocycles. The average Bonchev–Trinajstić information content (AvgIpc) is 3.55. The van der Waals surface area contributed by atoms with Gasteiger partial charge in [0.15, 0.2) is 17.1 Å². The van der Waals surface area contributed by atoms with Crippen molar-refractivity contribution >= 4 is 28.6 Å². The van der Waals surface area contributed by atoms with Gasteiger partial charge in [0.05, 0.1) is 25.4 Å². The van der Waals surface area contributed by atoms with Crippen LogP contribution in [0, 0.1) is 0 Å². The van der Waals surface area contributed by atoms with Crippen LogP contribution in [-0.4, -0.2) is 70.5 Å². The van der Waals surface area contributed by atoms with Crippen LogP contribution in [-0.2, 0) is 22.7 Å². The summed E-state index contributed by atoms with van der Waals surface area (Å²) in [5.41, 5.74) is 3.80. The topological polar surface area (TPSA) is 110 Å². The lowest BCUT2D eigenvalue weighted by Crippen LogP contribution is -2.29. The molecule has 3 aliphatic heterocycles. The number of piperidine rings is 1. The van der Waals surface area contributed by atoms with Crippen molar-refractivity contribution < 1.29 is 18.7 Å². The van der Waals surface area contributed by atoms with Crippen molar-refractivity contribution in [3.63, 3.8) is 0 Å². The molecule has 4 heterocycles. The first kappa shape index (κ1) is 25.7. The standard InChI is InChI=1S/C29H32N7O4/c1-33(2)21-7-8-23-24(15-21)40-26-17-22(34-11-4-3-5-12-34)16-25(29(26)30-23)39-14-6-13-35-18-20(31-32-35)19-36-27(37)9-10-28(36)38/h7-10,15-18H,3-6,11-14,19H2,1-2H3/q+1. The molecule has 206 valence electrons. The van der Waals surface area contributed by atoms with Gasteiger partial charge in [-0.3, -0.25) is 19.2 Å². The maximum atomic E-state index is 11.8. The van der Waals surface area contributed by atoms with Crippen LogP contribution in [0.5, 0.6) is 5.75 Å². The zero-order valence-corrected chi connectivity index (χ0v) is 22.7. The molecular formula is C29H32N7O4+. The van der Waals surface area contributed by atoms with E-state index in [1.165, 1.54) is 31.4 Å². The van der Waals surface area contributed by atoms with E-state index in [9.17, 15) is 9.59 Å². The van der Waals surface area contributed by atoms with Crippen molar-refractivity contribution in [1.29, 1.82) is 0 Å². The van der Waals surface area contributed by atoms with Crippen molar-refractivity contribution in [3.05, 3.63) is 59.7 Å². The zero-order chi connectivity index (χ0) is 27.6. The monoisotopic (exact) mass is 542 g/mol. The fraction of sp³-hybridized carbons (Fsp3) is 0.379. The predicted molar refractivity (Wildman–Crippen MR) is 149 cm³/mol. The Hall–Kier alpha value is -4.54. The number of carbonyl (C=O) groups excluding carboxylic acids is 2. The molecule has 2 amide bonds. The molecule has 0 spiro atoms. The minimum absolute atomic E-state index is 0.107. The highest BCUT2D eigenvalue weighted by Crippen LogP contribution is 2.35. The van der Waals surface area contributed by atoms with Gasteiger partial charge in [-0.15, -0.1) is 5.10 Å². The van der Waals surface area contributed by atoms with Gasteiger partial charge >= 0.3 is 0 Å². The molecule has 0 unspecified atom stereocenters. The largest absolute Gasteiger partial charge is 0.491 e. The van der Waals surface area contributed by atoms with Crippen LogP contribution in [0.3, 0.4) is 0 Å². The van der Waals surface area contributed by atoms with Crippen LogP contribution in [0.1, 0.15) is 31.4 Å². The van der Waals surface area contributed by atoms with Gasteiger partial charge in [-0.25, -0.2) is 9.56 Å². The highest BCUT2D eigenvalue weighted by atomic mass is 16.5. The van der Waals surface area contributed by atoms with E-state index in [-0.39, 0.29) is 18.4 Å². The number of rotatable bonds is 8. The number of anilines is 1. The maximum Gasteiger partial charge on any atom is 0.253 e. The summed E-state index contributed by atoms with van der Waals surface area (Å²) in [6.07, 6.45) is 8.55. The number of benzene rings is 2. The van der Waals surface area contributed by atoms with E-state index < -0.39 is 0 Å². The van der Waals surface area contributed by atoms with Crippen LogP contribution in [0.2, 0.25) is 0 Å². The minimum atomic E-state index is -0.335. The fourth-order valence-corrected chi connectivity index (χ4v) is 5.07. The summed E-state index contributed by atoms with van der Waals surface area (Å²) >= 11 is 0. The highest BCUT2D eigenvalue weighted by Gasteiger charge is 2.24. The molecule has 1 aliphatic carbocycles. The van der Waals surface area contributed by atoms with Crippen LogP contribution in [0.4, 0.5) is 5.69 Å². The summed E-state index contributed by atoms with van der Waals surface area (Å²) in [4.78, 5) is 32.0. The second-order valence-electron chi connectivity index (χ2n) is 10.4. The molecule has 6 rings (SSSR count). The highest BCUT2D eigenvalue weighted by molar-refractivity contribution is 6.12. The normalized spacial score (nSPS) is 15.6. The number of nitrogens with zero attached hydrogens (tertiary/aromatic N) is 7. The number of ether oxygens (including phenoxy) is 1. The number of hydrogen-bond acceptors (Lipinski definition) is 8. The van der Waals surface area contributed by atoms with Gasteiger partial charge in [-0.2, -0.15) is 0 Å². The Morgan fingerprint density at radius 2 is 1.82 bits per heavy atom. The summed E-state index contributed by atoms with van der Waals surface area (Å²) in [5, 5.41) is 9.29. The van der Waals surface area contributed by atoms with Gasteiger partial charge in [-0.05, 0) is 25.3 Å². The molecule has 0 N–H and O–H groups in total. The molecule has 1 saturated heterocycles. The third-order valence-corrected chi connectivity index (χ3v) is 7.25. The van der Waals surface area contributed by atoms with E-state index in [0.717, 1.165) is 40.5 Å². The Morgan fingerprint density at radius 1 is 1.02 bits per heavy atom. The number of aromatic nitrogens is 4. The summed E-state index contributed by atoms with van der Waals surface area (Å²) in [5.74, 6) is 0.755. The summed E-state index contributed by atoms with van der Waals surface area (Å²) in [7, 11) is 4.01. The van der Waals surface area contributed by atoms with Gasteiger partial charge in [-0.1, -0.05) is 5.21 Å². The molecular weight excluding hydrogens is 510 g/mol. The Bertz CT molecular complexity index is 1630. The van der Waals surface area contributed by atoms with E-state index in [1.54, 1.807) is 10.9 Å². The van der Waals surface area contributed by atoms with Gasteiger partial charge < -0.3 is 14.1 Å². The second kappa shape index (κ2) is 10.9. The number of fused-ring (bicyclic) bond motifs is 2. The zero-order valence-electron chi connectivity index (χ0n) is 22.7. The van der Waals surface area contributed by atoms with E-state index in [1.807, 2.05) is 36.9 Å². The third kappa shape index (κ3) is 5.31. The molecule has 0 atom stereocenters. The Balaban J connectivity index is 1.20.